The number of hydrogen-bond donors (Lipinski definition) is 1. The van der Waals surface area contributed by atoms with Crippen molar-refractivity contribution in [1.82, 2.24) is 10.2 Å². The number of aryl methyl sites for hydroxylation is 2. The number of benzene rings is 2. The summed E-state index contributed by atoms with van der Waals surface area (Å²) in [6.07, 6.45) is 3.49. The highest BCUT2D eigenvalue weighted by atomic mass is 127. The fourth-order valence-corrected chi connectivity index (χ4v) is 4.88. The molecular formula is C38H55F2IN2O7. The molecule has 2 saturated heterocycles. The molecule has 9 nitrogen and oxygen atoms in total. The number of carbonyl (C=O) groups is 4. The maximum absolute atomic E-state index is 13.0. The monoisotopic (exact) mass is 816 g/mol. The number of imide groups is 1. The van der Waals surface area contributed by atoms with Crippen molar-refractivity contribution in [2.75, 3.05) is 13.2 Å². The number of amides is 3. The molecule has 2 heterocycles. The number of rotatable bonds is 5. The Morgan fingerprint density at radius 1 is 0.940 bits per heavy atom. The van der Waals surface area contributed by atoms with Crippen LogP contribution in [0, 0.1) is 29.1 Å². The minimum Gasteiger partial charge on any atom is -0.444 e. The van der Waals surface area contributed by atoms with Crippen molar-refractivity contribution in [3.8, 4) is 0 Å². The molecule has 2 aromatic carbocycles. The van der Waals surface area contributed by atoms with Crippen molar-refractivity contribution in [3.63, 3.8) is 0 Å². The van der Waals surface area contributed by atoms with Gasteiger partial charge in [-0.15, -0.1) is 0 Å². The number of carbonyl (C=O) groups excluding carboxylic acids is 4. The average Bonchev–Trinajstić information content (AvgIpc) is 3.66. The first-order valence-corrected chi connectivity index (χ1v) is 18.0. The van der Waals surface area contributed by atoms with E-state index in [1.54, 1.807) is 54.5 Å². The molecular weight excluding hydrogens is 761 g/mol. The second-order valence-corrected chi connectivity index (χ2v) is 15.5. The van der Waals surface area contributed by atoms with Crippen molar-refractivity contribution < 1.29 is 42.2 Å². The van der Waals surface area contributed by atoms with Gasteiger partial charge >= 0.3 is 12.2 Å². The summed E-state index contributed by atoms with van der Waals surface area (Å²) in [6, 6.07) is 8.68. The molecule has 2 aliphatic rings. The SMILES string of the molecule is C1CCOC1.C[C@@H]1CCC(=O)N1C(=O)OC(C)(C)C.Cc1cc(F)ccc1C(=O)CC[C@@H](C)NC(=O)OC(C)(C)C.Cc1cc(F)ccc1I. The molecule has 12 heteroatoms. The molecule has 2 fully saturated rings. The van der Waals surface area contributed by atoms with Crippen LogP contribution in [0.25, 0.3) is 0 Å². The van der Waals surface area contributed by atoms with E-state index in [0.717, 1.165) is 28.8 Å². The Morgan fingerprint density at radius 2 is 1.48 bits per heavy atom. The Balaban J connectivity index is 0.000000376. The predicted molar refractivity (Wildman–Crippen MR) is 199 cm³/mol. The lowest BCUT2D eigenvalue weighted by Crippen LogP contribution is -2.41. The number of likely N-dealkylation sites (tertiary alicyclic amines) is 1. The fraction of sp³-hybridized carbons (Fsp3) is 0.579. The average molecular weight is 817 g/mol. The van der Waals surface area contributed by atoms with E-state index in [9.17, 15) is 28.0 Å². The van der Waals surface area contributed by atoms with Gasteiger partial charge in [0.1, 0.15) is 22.8 Å². The first-order valence-electron chi connectivity index (χ1n) is 16.9. The second-order valence-electron chi connectivity index (χ2n) is 14.3. The Kier molecular flexibility index (Phi) is 19.1. The van der Waals surface area contributed by atoms with E-state index < -0.39 is 23.4 Å². The Labute approximate surface area is 310 Å². The van der Waals surface area contributed by atoms with E-state index in [0.29, 0.717) is 24.0 Å². The molecule has 0 bridgehead atoms. The lowest BCUT2D eigenvalue weighted by Gasteiger charge is -2.25. The molecule has 0 radical (unpaired) electrons. The van der Waals surface area contributed by atoms with Gasteiger partial charge in [0.05, 0.1) is 0 Å². The molecule has 4 rings (SSSR count). The Bertz CT molecular complexity index is 1410. The molecule has 0 saturated carbocycles. The van der Waals surface area contributed by atoms with E-state index in [2.05, 4.69) is 27.9 Å². The fourth-order valence-electron chi connectivity index (χ4n) is 4.54. The van der Waals surface area contributed by atoms with Crippen molar-refractivity contribution >= 4 is 46.5 Å². The standard InChI is InChI=1S/C17H24FNO3.C10H17NO3.C7H6FI.C4H8O/c1-11-10-13(18)7-8-14(11)15(20)9-6-12(2)19-16(21)22-17(3,4)5;1-7-5-6-8(12)11(7)9(13)14-10(2,3)4;1-5-4-6(8)2-3-7(5)9;1-2-4-5-3-1/h7-8,10,12H,6,9H2,1-5H3,(H,19,21);7H,5-6H2,1-4H3;2-4H,1H3;1-4H2/t12-;7-;;/m11../s1. The molecule has 0 aliphatic carbocycles. The molecule has 0 unspecified atom stereocenters. The molecule has 0 aromatic heterocycles. The number of alkyl carbamates (subject to hydrolysis) is 1. The molecule has 0 spiro atoms. The van der Waals surface area contributed by atoms with Gasteiger partial charge in [-0.2, -0.15) is 0 Å². The van der Waals surface area contributed by atoms with Gasteiger partial charge < -0.3 is 19.5 Å². The second kappa shape index (κ2) is 21.3. The number of ether oxygens (including phenoxy) is 3. The predicted octanol–water partition coefficient (Wildman–Crippen LogP) is 9.48. The van der Waals surface area contributed by atoms with Crippen LogP contribution in [0.1, 0.15) is 115 Å². The Morgan fingerprint density at radius 3 is 1.90 bits per heavy atom. The zero-order valence-corrected chi connectivity index (χ0v) is 33.4. The van der Waals surface area contributed by atoms with Gasteiger partial charge in [0.15, 0.2) is 5.78 Å². The number of halogens is 3. The summed E-state index contributed by atoms with van der Waals surface area (Å²) < 4.78 is 41.7. The van der Waals surface area contributed by atoms with E-state index in [4.69, 9.17) is 14.2 Å². The maximum atomic E-state index is 13.0. The third kappa shape index (κ3) is 18.7. The summed E-state index contributed by atoms with van der Waals surface area (Å²) in [7, 11) is 0. The molecule has 50 heavy (non-hydrogen) atoms. The summed E-state index contributed by atoms with van der Waals surface area (Å²) in [5, 5.41) is 2.69. The molecule has 2 aromatic rings. The zero-order valence-electron chi connectivity index (χ0n) is 31.2. The summed E-state index contributed by atoms with van der Waals surface area (Å²) >= 11 is 2.17. The van der Waals surface area contributed by atoms with E-state index >= 15 is 0 Å². The quantitative estimate of drug-likeness (QED) is 0.237. The minimum atomic E-state index is -0.551. The van der Waals surface area contributed by atoms with Gasteiger partial charge in [0.2, 0.25) is 5.91 Å². The number of nitrogens with one attached hydrogen (secondary N) is 1. The first-order chi connectivity index (χ1) is 23.1. The van der Waals surface area contributed by atoms with Crippen LogP contribution in [-0.2, 0) is 19.0 Å². The van der Waals surface area contributed by atoms with Crippen LogP contribution in [0.5, 0.6) is 0 Å². The largest absolute Gasteiger partial charge is 0.444 e. The van der Waals surface area contributed by atoms with Crippen molar-refractivity contribution in [2.45, 2.75) is 131 Å². The van der Waals surface area contributed by atoms with Crippen molar-refractivity contribution in [3.05, 3.63) is 68.3 Å². The third-order valence-electron chi connectivity index (χ3n) is 7.08. The van der Waals surface area contributed by atoms with Gasteiger partial charge in [-0.25, -0.2) is 23.3 Å². The van der Waals surface area contributed by atoms with Crippen LogP contribution >= 0.6 is 22.6 Å². The topological polar surface area (TPSA) is 111 Å². The summed E-state index contributed by atoms with van der Waals surface area (Å²) in [6.45, 7) is 20.0. The number of hydrogen-bond acceptors (Lipinski definition) is 7. The number of nitrogens with zero attached hydrogens (tertiary/aromatic N) is 1. The van der Waals surface area contributed by atoms with E-state index in [-0.39, 0.29) is 41.8 Å². The van der Waals surface area contributed by atoms with Crippen LogP contribution in [0.15, 0.2) is 36.4 Å². The molecule has 2 atom stereocenters. The smallest absolute Gasteiger partial charge is 0.417 e. The van der Waals surface area contributed by atoms with Gasteiger partial charge in [0.25, 0.3) is 0 Å². The molecule has 3 amide bonds. The molecule has 280 valence electrons. The minimum absolute atomic E-state index is 0.0302. The first kappa shape index (κ1) is 44.9. The maximum Gasteiger partial charge on any atom is 0.417 e. The van der Waals surface area contributed by atoms with Crippen LogP contribution in [0.2, 0.25) is 0 Å². The highest BCUT2D eigenvalue weighted by molar-refractivity contribution is 14.1. The molecule has 1 N–H and O–H groups in total. The zero-order chi connectivity index (χ0) is 38.2. The lowest BCUT2D eigenvalue weighted by molar-refractivity contribution is -0.127. The van der Waals surface area contributed by atoms with Crippen LogP contribution in [-0.4, -0.2) is 65.3 Å². The van der Waals surface area contributed by atoms with Crippen molar-refractivity contribution in [2.24, 2.45) is 0 Å². The van der Waals surface area contributed by atoms with E-state index in [1.165, 1.54) is 48.1 Å². The third-order valence-corrected chi connectivity index (χ3v) is 8.29. The van der Waals surface area contributed by atoms with Gasteiger partial charge in [-0.3, -0.25) is 9.59 Å². The summed E-state index contributed by atoms with van der Waals surface area (Å²) in [4.78, 5) is 47.9. The normalized spacial score (nSPS) is 16.1. The molecule has 2 aliphatic heterocycles. The lowest BCUT2D eigenvalue weighted by atomic mass is 10.00. The van der Waals surface area contributed by atoms with Crippen molar-refractivity contribution in [1.29, 1.82) is 0 Å². The highest BCUT2D eigenvalue weighted by Crippen LogP contribution is 2.21. The van der Waals surface area contributed by atoms with Crippen LogP contribution in [0.4, 0.5) is 18.4 Å². The van der Waals surface area contributed by atoms with E-state index in [1.807, 2.05) is 20.8 Å². The van der Waals surface area contributed by atoms with Gasteiger partial charge in [-0.05, 0) is 165 Å². The van der Waals surface area contributed by atoms with Crippen LogP contribution in [0.3, 0.4) is 0 Å². The summed E-state index contributed by atoms with van der Waals surface area (Å²) in [5.74, 6) is -0.705. The summed E-state index contributed by atoms with van der Waals surface area (Å²) in [5.41, 5.74) is 1.05. The number of ketones is 1. The van der Waals surface area contributed by atoms with Gasteiger partial charge in [-0.1, -0.05) is 0 Å². The number of Topliss-reactive ketones (excluding diaryl/α,β-unsaturated/α-hetero) is 1. The highest BCUT2D eigenvalue weighted by Gasteiger charge is 2.35. The Hall–Kier alpha value is -3.13. The van der Waals surface area contributed by atoms with Gasteiger partial charge in [0, 0.05) is 47.3 Å². The van der Waals surface area contributed by atoms with Crippen LogP contribution < -0.4 is 5.32 Å².